The first-order valence-electron chi connectivity index (χ1n) is 4.72. The second-order valence-corrected chi connectivity index (χ2v) is 3.17. The first-order chi connectivity index (χ1) is 7.58. The van der Waals surface area contributed by atoms with Gasteiger partial charge in [-0.2, -0.15) is 5.10 Å². The predicted molar refractivity (Wildman–Crippen MR) is 55.3 cm³/mol. The molecule has 0 unspecified atom stereocenters. The molecular weight excluding hydrogens is 212 g/mol. The third kappa shape index (κ3) is 4.51. The standard InChI is InChI=1S/C8H14N6O2/c1-14-5-11-6(13-14)2-3-10-4-7(15)12-8(9)16/h5,10H,2-4H2,1H3,(H3,9,12,15,16). The van der Waals surface area contributed by atoms with Crippen molar-refractivity contribution in [2.24, 2.45) is 12.8 Å². The minimum absolute atomic E-state index is 0.0375. The number of urea groups is 1. The molecule has 8 nitrogen and oxygen atoms in total. The van der Waals surface area contributed by atoms with Crippen molar-refractivity contribution < 1.29 is 9.59 Å². The average Bonchev–Trinajstić information content (AvgIpc) is 2.58. The smallest absolute Gasteiger partial charge is 0.318 e. The summed E-state index contributed by atoms with van der Waals surface area (Å²) >= 11 is 0. The van der Waals surface area contributed by atoms with Crippen LogP contribution < -0.4 is 16.4 Å². The molecule has 3 amide bonds. The molecule has 0 saturated carbocycles. The van der Waals surface area contributed by atoms with Gasteiger partial charge in [0.1, 0.15) is 6.33 Å². The molecule has 0 aliphatic carbocycles. The Kier molecular flexibility index (Phi) is 4.40. The molecule has 0 aliphatic heterocycles. The maximum Gasteiger partial charge on any atom is 0.318 e. The highest BCUT2D eigenvalue weighted by molar-refractivity contribution is 5.94. The molecule has 1 rings (SSSR count). The monoisotopic (exact) mass is 226 g/mol. The first kappa shape index (κ1) is 12.1. The number of aryl methyl sites for hydroxylation is 1. The zero-order chi connectivity index (χ0) is 12.0. The maximum absolute atomic E-state index is 11.0. The van der Waals surface area contributed by atoms with Gasteiger partial charge in [-0.1, -0.05) is 0 Å². The van der Waals surface area contributed by atoms with Crippen LogP contribution in [0, 0.1) is 0 Å². The van der Waals surface area contributed by atoms with E-state index in [9.17, 15) is 9.59 Å². The van der Waals surface area contributed by atoms with Crippen molar-refractivity contribution in [2.75, 3.05) is 13.1 Å². The van der Waals surface area contributed by atoms with Gasteiger partial charge in [-0.3, -0.25) is 14.8 Å². The molecule has 0 aromatic carbocycles. The number of amides is 3. The number of nitrogens with two attached hydrogens (primary N) is 1. The van der Waals surface area contributed by atoms with Crippen LogP contribution >= 0.6 is 0 Å². The van der Waals surface area contributed by atoms with Crippen molar-refractivity contribution in [3.8, 4) is 0 Å². The minimum atomic E-state index is -0.849. The van der Waals surface area contributed by atoms with Gasteiger partial charge in [0.25, 0.3) is 0 Å². The summed E-state index contributed by atoms with van der Waals surface area (Å²) in [4.78, 5) is 25.3. The van der Waals surface area contributed by atoms with Gasteiger partial charge in [0, 0.05) is 20.0 Å². The summed E-state index contributed by atoms with van der Waals surface area (Å²) in [5.41, 5.74) is 4.77. The normalized spacial score (nSPS) is 10.1. The third-order valence-corrected chi connectivity index (χ3v) is 1.72. The Balaban J connectivity index is 2.12. The summed E-state index contributed by atoms with van der Waals surface area (Å²) in [6.07, 6.45) is 2.22. The summed E-state index contributed by atoms with van der Waals surface area (Å²) in [5.74, 6) is 0.242. The van der Waals surface area contributed by atoms with Crippen LogP contribution in [0.2, 0.25) is 0 Å². The second-order valence-electron chi connectivity index (χ2n) is 3.17. The van der Waals surface area contributed by atoms with Crippen molar-refractivity contribution >= 4 is 11.9 Å². The Morgan fingerprint density at radius 3 is 2.88 bits per heavy atom. The number of hydrogen-bond donors (Lipinski definition) is 3. The number of imide groups is 1. The molecule has 0 radical (unpaired) electrons. The van der Waals surface area contributed by atoms with Crippen molar-refractivity contribution in [3.63, 3.8) is 0 Å². The fraction of sp³-hybridized carbons (Fsp3) is 0.500. The number of nitrogens with zero attached hydrogens (tertiary/aromatic N) is 3. The fourth-order valence-electron chi connectivity index (χ4n) is 1.08. The van der Waals surface area contributed by atoms with Crippen LogP contribution in [0.5, 0.6) is 0 Å². The van der Waals surface area contributed by atoms with Crippen LogP contribution in [0.25, 0.3) is 0 Å². The van der Waals surface area contributed by atoms with Crippen LogP contribution in [0.4, 0.5) is 4.79 Å². The second kappa shape index (κ2) is 5.81. The maximum atomic E-state index is 11.0. The lowest BCUT2D eigenvalue weighted by atomic mass is 10.4. The van der Waals surface area contributed by atoms with Gasteiger partial charge in [0.05, 0.1) is 6.54 Å². The van der Waals surface area contributed by atoms with Crippen LogP contribution in [-0.2, 0) is 18.3 Å². The highest BCUT2D eigenvalue weighted by atomic mass is 16.2. The number of nitrogens with one attached hydrogen (secondary N) is 2. The van der Waals surface area contributed by atoms with Crippen LogP contribution in [0.1, 0.15) is 5.82 Å². The Labute approximate surface area is 92.2 Å². The van der Waals surface area contributed by atoms with Crippen LogP contribution in [0.15, 0.2) is 6.33 Å². The van der Waals surface area contributed by atoms with E-state index < -0.39 is 11.9 Å². The average molecular weight is 226 g/mol. The van der Waals surface area contributed by atoms with Crippen LogP contribution in [0.3, 0.4) is 0 Å². The summed E-state index contributed by atoms with van der Waals surface area (Å²) in [6.45, 7) is 0.589. The highest BCUT2D eigenvalue weighted by Crippen LogP contribution is 1.87. The van der Waals surface area contributed by atoms with E-state index >= 15 is 0 Å². The highest BCUT2D eigenvalue weighted by Gasteiger charge is 2.03. The van der Waals surface area contributed by atoms with E-state index in [0.29, 0.717) is 18.8 Å². The van der Waals surface area contributed by atoms with Gasteiger partial charge < -0.3 is 11.1 Å². The van der Waals surface area contributed by atoms with Gasteiger partial charge in [-0.05, 0) is 0 Å². The van der Waals surface area contributed by atoms with E-state index in [0.717, 1.165) is 0 Å². The lowest BCUT2D eigenvalue weighted by Gasteiger charge is -2.02. The lowest BCUT2D eigenvalue weighted by Crippen LogP contribution is -2.41. The molecule has 1 aromatic rings. The van der Waals surface area contributed by atoms with E-state index in [-0.39, 0.29) is 6.54 Å². The molecule has 8 heteroatoms. The van der Waals surface area contributed by atoms with E-state index in [2.05, 4.69) is 15.4 Å². The predicted octanol–water partition coefficient (Wildman–Crippen LogP) is -1.86. The zero-order valence-corrected chi connectivity index (χ0v) is 8.93. The van der Waals surface area contributed by atoms with Gasteiger partial charge in [-0.15, -0.1) is 0 Å². The molecule has 1 heterocycles. The summed E-state index contributed by atoms with van der Waals surface area (Å²) in [7, 11) is 1.78. The molecule has 4 N–H and O–H groups in total. The van der Waals surface area contributed by atoms with E-state index in [4.69, 9.17) is 5.73 Å². The zero-order valence-electron chi connectivity index (χ0n) is 8.93. The molecule has 0 atom stereocenters. The third-order valence-electron chi connectivity index (χ3n) is 1.72. The molecule has 0 spiro atoms. The molecule has 0 fully saturated rings. The fourth-order valence-corrected chi connectivity index (χ4v) is 1.08. The Bertz CT molecular complexity index is 374. The van der Waals surface area contributed by atoms with Gasteiger partial charge in [-0.25, -0.2) is 9.78 Å². The quantitative estimate of drug-likeness (QED) is 0.509. The molecule has 16 heavy (non-hydrogen) atoms. The SMILES string of the molecule is Cn1cnc(CCNCC(=O)NC(N)=O)n1. The van der Waals surface area contributed by atoms with Crippen molar-refractivity contribution in [1.82, 2.24) is 25.4 Å². The number of aromatic nitrogens is 3. The molecular formula is C8H14N6O2. The number of rotatable bonds is 5. The van der Waals surface area contributed by atoms with Gasteiger partial charge in [0.15, 0.2) is 5.82 Å². The van der Waals surface area contributed by atoms with Crippen molar-refractivity contribution in [1.29, 1.82) is 0 Å². The van der Waals surface area contributed by atoms with Gasteiger partial charge in [0.2, 0.25) is 5.91 Å². The van der Waals surface area contributed by atoms with E-state index in [1.807, 2.05) is 5.32 Å². The Hall–Kier alpha value is -1.96. The van der Waals surface area contributed by atoms with Crippen LogP contribution in [-0.4, -0.2) is 39.8 Å². The number of hydrogen-bond acceptors (Lipinski definition) is 5. The molecule has 0 bridgehead atoms. The minimum Gasteiger partial charge on any atom is -0.351 e. The molecule has 0 saturated heterocycles. The lowest BCUT2D eigenvalue weighted by molar-refractivity contribution is -0.119. The number of carbonyl (C=O) groups is 2. The number of primary amides is 1. The largest absolute Gasteiger partial charge is 0.351 e. The Morgan fingerprint density at radius 2 is 2.31 bits per heavy atom. The van der Waals surface area contributed by atoms with Gasteiger partial charge >= 0.3 is 6.03 Å². The topological polar surface area (TPSA) is 115 Å². The molecule has 88 valence electrons. The summed E-state index contributed by atoms with van der Waals surface area (Å²) < 4.78 is 1.61. The van der Waals surface area contributed by atoms with E-state index in [1.165, 1.54) is 0 Å². The Morgan fingerprint density at radius 1 is 1.56 bits per heavy atom. The first-order valence-corrected chi connectivity index (χ1v) is 4.72. The van der Waals surface area contributed by atoms with Crippen molar-refractivity contribution in [3.05, 3.63) is 12.2 Å². The molecule has 0 aliphatic rings. The van der Waals surface area contributed by atoms with Crippen molar-refractivity contribution in [2.45, 2.75) is 6.42 Å². The summed E-state index contributed by atoms with van der Waals surface area (Å²) in [6, 6.07) is -0.849. The number of carbonyl (C=O) groups excluding carboxylic acids is 2. The summed E-state index contributed by atoms with van der Waals surface area (Å²) in [5, 5.41) is 8.85. The molecule has 1 aromatic heterocycles. The van der Waals surface area contributed by atoms with E-state index in [1.54, 1.807) is 18.1 Å².